The Kier molecular flexibility index (Phi) is 4.98. The minimum Gasteiger partial charge on any atom is -0.465 e. The summed E-state index contributed by atoms with van der Waals surface area (Å²) in [5.41, 5.74) is 0.689. The second kappa shape index (κ2) is 6.72. The number of benzene rings is 1. The highest BCUT2D eigenvalue weighted by Gasteiger charge is 2.22. The summed E-state index contributed by atoms with van der Waals surface area (Å²) in [6.07, 6.45) is 1.82. The van der Waals surface area contributed by atoms with Gasteiger partial charge in [0.25, 0.3) is 0 Å². The van der Waals surface area contributed by atoms with Crippen LogP contribution in [-0.4, -0.2) is 32.1 Å². The summed E-state index contributed by atoms with van der Waals surface area (Å²) >= 11 is 5.87. The molecule has 0 unspecified atom stereocenters. The molecule has 0 aromatic heterocycles. The first-order valence-electron chi connectivity index (χ1n) is 6.51. The summed E-state index contributed by atoms with van der Waals surface area (Å²) in [5, 5.41) is 6.39. The molecule has 1 aliphatic rings. The smallest absolute Gasteiger partial charge is 0.340 e. The lowest BCUT2D eigenvalue weighted by atomic mass is 9.98. The fourth-order valence-corrected chi connectivity index (χ4v) is 2.39. The second-order valence-electron chi connectivity index (χ2n) is 4.71. The van der Waals surface area contributed by atoms with E-state index in [9.17, 15) is 9.59 Å². The SMILES string of the molecule is COC(=O)c1cc(Cl)ccc1NC(=O)[C@@H]1CCCNC1. The summed E-state index contributed by atoms with van der Waals surface area (Å²) in [6.45, 7) is 1.60. The number of esters is 1. The molecule has 1 aromatic carbocycles. The molecular weight excluding hydrogens is 280 g/mol. The van der Waals surface area contributed by atoms with E-state index in [2.05, 4.69) is 10.6 Å². The quantitative estimate of drug-likeness (QED) is 0.838. The van der Waals surface area contributed by atoms with Crippen molar-refractivity contribution in [1.29, 1.82) is 0 Å². The number of methoxy groups -OCH3 is 1. The van der Waals surface area contributed by atoms with Crippen LogP contribution in [0.2, 0.25) is 5.02 Å². The Balaban J connectivity index is 2.15. The Bertz CT molecular complexity index is 513. The van der Waals surface area contributed by atoms with Gasteiger partial charge in [-0.05, 0) is 37.6 Å². The van der Waals surface area contributed by atoms with Gasteiger partial charge in [-0.15, -0.1) is 0 Å². The first-order chi connectivity index (χ1) is 9.61. The van der Waals surface area contributed by atoms with E-state index < -0.39 is 5.97 Å². The molecule has 1 heterocycles. The van der Waals surface area contributed by atoms with E-state index in [1.54, 1.807) is 12.1 Å². The number of ether oxygens (including phenoxy) is 1. The van der Waals surface area contributed by atoms with Crippen molar-refractivity contribution in [3.8, 4) is 0 Å². The number of anilines is 1. The third-order valence-electron chi connectivity index (χ3n) is 3.31. The molecule has 1 aliphatic heterocycles. The van der Waals surface area contributed by atoms with Crippen molar-refractivity contribution in [2.75, 3.05) is 25.5 Å². The number of hydrogen-bond acceptors (Lipinski definition) is 4. The highest BCUT2D eigenvalue weighted by molar-refractivity contribution is 6.31. The predicted molar refractivity (Wildman–Crippen MR) is 77.0 cm³/mol. The maximum absolute atomic E-state index is 12.2. The molecule has 6 heteroatoms. The molecule has 1 saturated heterocycles. The molecule has 108 valence electrons. The van der Waals surface area contributed by atoms with E-state index in [0.717, 1.165) is 19.4 Å². The molecule has 2 N–H and O–H groups in total. The molecule has 1 fully saturated rings. The van der Waals surface area contributed by atoms with Gasteiger partial charge in [0, 0.05) is 11.6 Å². The van der Waals surface area contributed by atoms with E-state index >= 15 is 0 Å². The lowest BCUT2D eigenvalue weighted by Crippen LogP contribution is -2.37. The summed E-state index contributed by atoms with van der Waals surface area (Å²) < 4.78 is 4.70. The summed E-state index contributed by atoms with van der Waals surface area (Å²) in [7, 11) is 1.29. The Morgan fingerprint density at radius 3 is 2.90 bits per heavy atom. The number of amides is 1. The van der Waals surface area contributed by atoms with Crippen LogP contribution in [0.4, 0.5) is 5.69 Å². The molecule has 0 bridgehead atoms. The van der Waals surface area contributed by atoms with Crippen molar-refractivity contribution in [3.63, 3.8) is 0 Å². The lowest BCUT2D eigenvalue weighted by Gasteiger charge is -2.22. The van der Waals surface area contributed by atoms with Crippen LogP contribution in [0.3, 0.4) is 0 Å². The largest absolute Gasteiger partial charge is 0.465 e. The minimum absolute atomic E-state index is 0.0788. The lowest BCUT2D eigenvalue weighted by molar-refractivity contribution is -0.120. The summed E-state index contributed by atoms with van der Waals surface area (Å²) in [4.78, 5) is 23.9. The van der Waals surface area contributed by atoms with Crippen LogP contribution in [0, 0.1) is 5.92 Å². The van der Waals surface area contributed by atoms with E-state index in [1.165, 1.54) is 13.2 Å². The summed E-state index contributed by atoms with van der Waals surface area (Å²) in [6, 6.07) is 4.73. The van der Waals surface area contributed by atoms with Crippen LogP contribution < -0.4 is 10.6 Å². The van der Waals surface area contributed by atoms with Gasteiger partial charge >= 0.3 is 5.97 Å². The van der Waals surface area contributed by atoms with E-state index in [4.69, 9.17) is 16.3 Å². The minimum atomic E-state index is -0.524. The highest BCUT2D eigenvalue weighted by Crippen LogP contribution is 2.23. The Labute approximate surface area is 122 Å². The zero-order chi connectivity index (χ0) is 14.5. The van der Waals surface area contributed by atoms with E-state index in [1.807, 2.05) is 0 Å². The van der Waals surface area contributed by atoms with E-state index in [0.29, 0.717) is 17.3 Å². The van der Waals surface area contributed by atoms with Gasteiger partial charge in [-0.2, -0.15) is 0 Å². The summed E-state index contributed by atoms with van der Waals surface area (Å²) in [5.74, 6) is -0.695. The second-order valence-corrected chi connectivity index (χ2v) is 5.15. The molecule has 1 aromatic rings. The zero-order valence-corrected chi connectivity index (χ0v) is 12.0. The van der Waals surface area contributed by atoms with Gasteiger partial charge in [0.15, 0.2) is 0 Å². The standard InChI is InChI=1S/C14H17ClN2O3/c1-20-14(19)11-7-10(15)4-5-12(11)17-13(18)9-3-2-6-16-8-9/h4-5,7,9,16H,2-3,6,8H2,1H3,(H,17,18)/t9-/m1/s1. The zero-order valence-electron chi connectivity index (χ0n) is 11.2. The number of carbonyl (C=O) groups excluding carboxylic acids is 2. The monoisotopic (exact) mass is 296 g/mol. The number of carbonyl (C=O) groups is 2. The number of nitrogens with one attached hydrogen (secondary N) is 2. The van der Waals surface area contributed by atoms with Crippen molar-refractivity contribution in [3.05, 3.63) is 28.8 Å². The molecule has 1 amide bonds. The number of halogens is 1. The fourth-order valence-electron chi connectivity index (χ4n) is 2.21. The van der Waals surface area contributed by atoms with Crippen LogP contribution >= 0.6 is 11.6 Å². The first-order valence-corrected chi connectivity index (χ1v) is 6.89. The Hall–Kier alpha value is -1.59. The van der Waals surface area contributed by atoms with Crippen molar-refractivity contribution in [2.45, 2.75) is 12.8 Å². The number of hydrogen-bond donors (Lipinski definition) is 2. The molecule has 0 saturated carbocycles. The van der Waals surface area contributed by atoms with Crippen molar-refractivity contribution in [2.24, 2.45) is 5.92 Å². The highest BCUT2D eigenvalue weighted by atomic mass is 35.5. The van der Waals surface area contributed by atoms with Gasteiger partial charge in [0.2, 0.25) is 5.91 Å². The van der Waals surface area contributed by atoms with Crippen LogP contribution in [0.1, 0.15) is 23.2 Å². The average molecular weight is 297 g/mol. The van der Waals surface area contributed by atoms with Gasteiger partial charge in [-0.3, -0.25) is 4.79 Å². The normalized spacial score (nSPS) is 18.4. The van der Waals surface area contributed by atoms with Crippen molar-refractivity contribution < 1.29 is 14.3 Å². The third kappa shape index (κ3) is 3.49. The average Bonchev–Trinajstić information content (AvgIpc) is 2.49. The molecular formula is C14H17ClN2O3. The topological polar surface area (TPSA) is 67.4 Å². The number of piperidine rings is 1. The molecule has 5 nitrogen and oxygen atoms in total. The Morgan fingerprint density at radius 2 is 2.25 bits per heavy atom. The van der Waals surface area contributed by atoms with Gasteiger partial charge in [0.1, 0.15) is 0 Å². The molecule has 20 heavy (non-hydrogen) atoms. The van der Waals surface area contributed by atoms with Gasteiger partial charge in [-0.25, -0.2) is 4.79 Å². The molecule has 1 atom stereocenters. The van der Waals surface area contributed by atoms with Gasteiger partial charge in [-0.1, -0.05) is 11.6 Å². The van der Waals surface area contributed by atoms with Crippen molar-refractivity contribution >= 4 is 29.2 Å². The molecule has 0 spiro atoms. The first kappa shape index (κ1) is 14.8. The van der Waals surface area contributed by atoms with E-state index in [-0.39, 0.29) is 17.4 Å². The fraction of sp³-hybridized carbons (Fsp3) is 0.429. The molecule has 0 radical (unpaired) electrons. The predicted octanol–water partition coefficient (Wildman–Crippen LogP) is 2.06. The van der Waals surface area contributed by atoms with Crippen LogP contribution in [-0.2, 0) is 9.53 Å². The molecule has 0 aliphatic carbocycles. The maximum atomic E-state index is 12.2. The van der Waals surface area contributed by atoms with Crippen molar-refractivity contribution in [1.82, 2.24) is 5.32 Å². The third-order valence-corrected chi connectivity index (χ3v) is 3.55. The van der Waals surface area contributed by atoms with Gasteiger partial charge < -0.3 is 15.4 Å². The van der Waals surface area contributed by atoms with Gasteiger partial charge in [0.05, 0.1) is 24.3 Å². The maximum Gasteiger partial charge on any atom is 0.340 e. The Morgan fingerprint density at radius 1 is 1.45 bits per heavy atom. The van der Waals surface area contributed by atoms with Crippen LogP contribution in [0.5, 0.6) is 0 Å². The van der Waals surface area contributed by atoms with Crippen LogP contribution in [0.15, 0.2) is 18.2 Å². The van der Waals surface area contributed by atoms with Crippen LogP contribution in [0.25, 0.3) is 0 Å². The molecule has 2 rings (SSSR count). The number of rotatable bonds is 3.